The van der Waals surface area contributed by atoms with Crippen LogP contribution in [0.5, 0.6) is 0 Å². The predicted octanol–water partition coefficient (Wildman–Crippen LogP) is 2.43. The molecule has 0 saturated heterocycles. The van der Waals surface area contributed by atoms with Gasteiger partial charge in [-0.05, 0) is 34.1 Å². The molecule has 3 N–H and O–H groups in total. The van der Waals surface area contributed by atoms with E-state index in [4.69, 9.17) is 9.84 Å². The Morgan fingerprint density at radius 3 is 2.68 bits per heavy atom. The van der Waals surface area contributed by atoms with Crippen molar-refractivity contribution in [3.8, 4) is 0 Å². The summed E-state index contributed by atoms with van der Waals surface area (Å²) in [5.41, 5.74) is 0.632. The minimum absolute atomic E-state index is 0.140. The van der Waals surface area contributed by atoms with Gasteiger partial charge in [-0.3, -0.25) is 0 Å². The van der Waals surface area contributed by atoms with Gasteiger partial charge in [0.25, 0.3) is 0 Å². The molecule has 0 unspecified atom stereocenters. The Balaban J connectivity index is 2.29. The number of hydrogen-bond donors (Lipinski definition) is 3. The summed E-state index contributed by atoms with van der Waals surface area (Å²) in [7, 11) is 0. The van der Waals surface area contributed by atoms with Crippen molar-refractivity contribution in [2.45, 2.75) is 0 Å². The first-order valence-electron chi connectivity index (χ1n) is 5.28. The first kappa shape index (κ1) is 15.9. The fraction of sp³-hybridized carbons (Fsp3) is 0.273. The number of urea groups is 1. The number of nitrogens with one attached hydrogen (secondary N) is 2. The first-order valence-corrected chi connectivity index (χ1v) is 6.87. The first-order chi connectivity index (χ1) is 8.99. The molecule has 6 nitrogen and oxygen atoms in total. The second-order valence-corrected chi connectivity index (χ2v) is 5.22. The molecule has 0 aliphatic carbocycles. The molecule has 0 spiro atoms. The molecule has 0 saturated carbocycles. The van der Waals surface area contributed by atoms with Crippen molar-refractivity contribution in [3.63, 3.8) is 0 Å². The van der Waals surface area contributed by atoms with Crippen LogP contribution in [0.4, 0.5) is 10.5 Å². The van der Waals surface area contributed by atoms with Gasteiger partial charge in [0.1, 0.15) is 6.61 Å². The molecule has 0 aliphatic rings. The summed E-state index contributed by atoms with van der Waals surface area (Å²) < 4.78 is 6.42. The Labute approximate surface area is 126 Å². The highest BCUT2D eigenvalue weighted by molar-refractivity contribution is 9.11. The van der Waals surface area contributed by atoms with E-state index in [-0.39, 0.29) is 25.8 Å². The predicted molar refractivity (Wildman–Crippen MR) is 77.3 cm³/mol. The summed E-state index contributed by atoms with van der Waals surface area (Å²) in [4.78, 5) is 21.7. The zero-order valence-electron chi connectivity index (χ0n) is 9.78. The smallest absolute Gasteiger partial charge is 0.329 e. The number of anilines is 1. The van der Waals surface area contributed by atoms with Gasteiger partial charge in [0.2, 0.25) is 0 Å². The van der Waals surface area contributed by atoms with Gasteiger partial charge < -0.3 is 20.5 Å². The number of carbonyl (C=O) groups is 2. The van der Waals surface area contributed by atoms with Gasteiger partial charge in [-0.15, -0.1) is 0 Å². The molecule has 2 amide bonds. The number of rotatable bonds is 6. The van der Waals surface area contributed by atoms with Gasteiger partial charge in [0.15, 0.2) is 0 Å². The summed E-state index contributed by atoms with van der Waals surface area (Å²) in [6.07, 6.45) is 0. The van der Waals surface area contributed by atoms with Crippen molar-refractivity contribution in [2.75, 3.05) is 25.1 Å². The highest BCUT2D eigenvalue weighted by atomic mass is 79.9. The van der Waals surface area contributed by atoms with E-state index in [9.17, 15) is 9.59 Å². The van der Waals surface area contributed by atoms with Crippen molar-refractivity contribution < 1.29 is 19.4 Å². The molecule has 1 aromatic rings. The maximum Gasteiger partial charge on any atom is 0.329 e. The van der Waals surface area contributed by atoms with Gasteiger partial charge in [0.05, 0.1) is 12.3 Å². The van der Waals surface area contributed by atoms with Gasteiger partial charge in [-0.2, -0.15) is 0 Å². The Morgan fingerprint density at radius 2 is 2.05 bits per heavy atom. The van der Waals surface area contributed by atoms with Crippen LogP contribution in [-0.4, -0.2) is 36.9 Å². The lowest BCUT2D eigenvalue weighted by Gasteiger charge is -2.09. The fourth-order valence-corrected chi connectivity index (χ4v) is 2.30. The summed E-state index contributed by atoms with van der Waals surface area (Å²) in [6.45, 7) is -0.00392. The molecule has 0 aromatic heterocycles. The quantitative estimate of drug-likeness (QED) is 0.645. The summed E-state index contributed by atoms with van der Waals surface area (Å²) in [5.74, 6) is -1.04. The third-order valence-electron chi connectivity index (χ3n) is 1.94. The van der Waals surface area contributed by atoms with E-state index < -0.39 is 5.97 Å². The van der Waals surface area contributed by atoms with Crippen LogP contribution in [0, 0.1) is 0 Å². The molecular formula is C11H12Br2N2O4. The third-order valence-corrected chi connectivity index (χ3v) is 3.09. The second-order valence-electron chi connectivity index (χ2n) is 3.45. The van der Waals surface area contributed by atoms with Crippen LogP contribution in [0.1, 0.15) is 0 Å². The Morgan fingerprint density at radius 1 is 1.32 bits per heavy atom. The Bertz CT molecular complexity index is 468. The molecule has 1 aromatic carbocycles. The lowest BCUT2D eigenvalue weighted by atomic mass is 10.3. The minimum atomic E-state index is -1.04. The number of benzene rings is 1. The van der Waals surface area contributed by atoms with Crippen molar-refractivity contribution in [1.82, 2.24) is 5.32 Å². The molecule has 19 heavy (non-hydrogen) atoms. The van der Waals surface area contributed by atoms with E-state index in [1.54, 1.807) is 12.1 Å². The maximum atomic E-state index is 11.5. The number of carbonyl (C=O) groups excluding carboxylic acids is 1. The van der Waals surface area contributed by atoms with Crippen molar-refractivity contribution in [1.29, 1.82) is 0 Å². The Kier molecular flexibility index (Phi) is 6.82. The third kappa shape index (κ3) is 6.55. The van der Waals surface area contributed by atoms with Crippen LogP contribution in [0.2, 0.25) is 0 Å². The van der Waals surface area contributed by atoms with Gasteiger partial charge >= 0.3 is 12.0 Å². The van der Waals surface area contributed by atoms with E-state index in [1.165, 1.54) is 0 Å². The lowest BCUT2D eigenvalue weighted by Crippen LogP contribution is -2.32. The Hall–Kier alpha value is -1.12. The largest absolute Gasteiger partial charge is 0.480 e. The summed E-state index contributed by atoms with van der Waals surface area (Å²) in [6, 6.07) is 4.97. The number of amides is 2. The monoisotopic (exact) mass is 394 g/mol. The van der Waals surface area contributed by atoms with Crippen molar-refractivity contribution >= 4 is 49.5 Å². The molecule has 1 rings (SSSR count). The number of hydrogen-bond acceptors (Lipinski definition) is 3. The number of ether oxygens (including phenoxy) is 1. The van der Waals surface area contributed by atoms with Crippen molar-refractivity contribution in [2.24, 2.45) is 0 Å². The van der Waals surface area contributed by atoms with E-state index in [2.05, 4.69) is 42.5 Å². The number of aliphatic carboxylic acids is 1. The van der Waals surface area contributed by atoms with E-state index >= 15 is 0 Å². The highest BCUT2D eigenvalue weighted by Gasteiger charge is 2.05. The van der Waals surface area contributed by atoms with Gasteiger partial charge in [-0.25, -0.2) is 9.59 Å². The molecule has 0 radical (unpaired) electrons. The molecule has 8 heteroatoms. The molecule has 0 fully saturated rings. The van der Waals surface area contributed by atoms with E-state index in [0.717, 1.165) is 8.95 Å². The molecule has 0 heterocycles. The van der Waals surface area contributed by atoms with Crippen molar-refractivity contribution in [3.05, 3.63) is 27.1 Å². The summed E-state index contributed by atoms with van der Waals surface area (Å²) >= 11 is 6.63. The number of carboxylic acid groups (broad SMARTS) is 1. The zero-order valence-corrected chi connectivity index (χ0v) is 13.0. The van der Waals surface area contributed by atoms with Crippen LogP contribution in [0.25, 0.3) is 0 Å². The van der Waals surface area contributed by atoms with Crippen LogP contribution in [-0.2, 0) is 9.53 Å². The van der Waals surface area contributed by atoms with Crippen LogP contribution in [0.3, 0.4) is 0 Å². The molecular weight excluding hydrogens is 384 g/mol. The average molecular weight is 396 g/mol. The maximum absolute atomic E-state index is 11.5. The van der Waals surface area contributed by atoms with E-state index in [0.29, 0.717) is 5.69 Å². The highest BCUT2D eigenvalue weighted by Crippen LogP contribution is 2.25. The molecule has 104 valence electrons. The minimum Gasteiger partial charge on any atom is -0.480 e. The number of halogens is 2. The van der Waals surface area contributed by atoms with Gasteiger partial charge in [0, 0.05) is 15.5 Å². The van der Waals surface area contributed by atoms with Crippen LogP contribution in [0.15, 0.2) is 27.1 Å². The molecule has 0 bridgehead atoms. The zero-order chi connectivity index (χ0) is 14.3. The average Bonchev–Trinajstić information content (AvgIpc) is 2.32. The standard InChI is InChI=1S/C11H12Br2N2O4/c12-7-1-2-9(8(13)5-7)15-11(18)14-3-4-19-6-10(16)17/h1-2,5H,3-4,6H2,(H,16,17)(H2,14,15,18). The lowest BCUT2D eigenvalue weighted by molar-refractivity contribution is -0.142. The van der Waals surface area contributed by atoms with Crippen LogP contribution >= 0.6 is 31.9 Å². The van der Waals surface area contributed by atoms with E-state index in [1.807, 2.05) is 6.07 Å². The summed E-state index contributed by atoms with van der Waals surface area (Å²) in [5, 5.41) is 13.5. The number of carboxylic acids is 1. The van der Waals surface area contributed by atoms with Crippen LogP contribution < -0.4 is 10.6 Å². The molecule has 0 aliphatic heterocycles. The fourth-order valence-electron chi connectivity index (χ4n) is 1.15. The van der Waals surface area contributed by atoms with Gasteiger partial charge in [-0.1, -0.05) is 15.9 Å². The second kappa shape index (κ2) is 8.13. The SMILES string of the molecule is O=C(O)COCCNC(=O)Nc1ccc(Br)cc1Br. The molecule has 0 atom stereocenters. The normalized spacial score (nSPS) is 10.0. The topological polar surface area (TPSA) is 87.7 Å².